The first-order valence-electron chi connectivity index (χ1n) is 7.69. The number of nitrogens with one attached hydrogen (secondary N) is 2. The first-order chi connectivity index (χ1) is 10.3. The van der Waals surface area contributed by atoms with E-state index in [9.17, 15) is 13.2 Å². The van der Waals surface area contributed by atoms with E-state index < -0.39 is 10.0 Å². The molecule has 2 N–H and O–H groups in total. The Balaban J connectivity index is 2.11. The maximum absolute atomic E-state index is 12.5. The van der Waals surface area contributed by atoms with Gasteiger partial charge in [0.05, 0.1) is 4.90 Å². The van der Waals surface area contributed by atoms with Crippen molar-refractivity contribution in [3.63, 3.8) is 0 Å². The highest BCUT2D eigenvalue weighted by Gasteiger charge is 2.30. The Labute approximate surface area is 132 Å². The second-order valence-corrected chi connectivity index (χ2v) is 7.91. The first kappa shape index (κ1) is 17.0. The van der Waals surface area contributed by atoms with Crippen LogP contribution in [0.25, 0.3) is 0 Å². The summed E-state index contributed by atoms with van der Waals surface area (Å²) in [7, 11) is -3.52. The summed E-state index contributed by atoms with van der Waals surface area (Å²) in [5.41, 5.74) is 0.589. The van der Waals surface area contributed by atoms with E-state index in [1.165, 1.54) is 19.1 Å². The molecule has 122 valence electrons. The van der Waals surface area contributed by atoms with Crippen molar-refractivity contribution in [3.8, 4) is 0 Å². The van der Waals surface area contributed by atoms with Gasteiger partial charge in [0.25, 0.3) is 0 Å². The van der Waals surface area contributed by atoms with E-state index >= 15 is 0 Å². The Morgan fingerprint density at radius 1 is 1.14 bits per heavy atom. The molecular weight excluding hydrogens is 300 g/mol. The number of hydrogen-bond donors (Lipinski definition) is 2. The van der Waals surface area contributed by atoms with Gasteiger partial charge in [0.1, 0.15) is 0 Å². The number of rotatable bonds is 4. The zero-order chi connectivity index (χ0) is 16.3. The van der Waals surface area contributed by atoms with Gasteiger partial charge in [-0.05, 0) is 42.5 Å². The molecule has 1 saturated carbocycles. The minimum absolute atomic E-state index is 0.0104. The molecule has 0 aromatic heterocycles. The lowest BCUT2D eigenvalue weighted by molar-refractivity contribution is -0.114. The molecule has 1 aliphatic rings. The van der Waals surface area contributed by atoms with Gasteiger partial charge in [-0.2, -0.15) is 0 Å². The summed E-state index contributed by atoms with van der Waals surface area (Å²) in [5, 5.41) is 2.62. The summed E-state index contributed by atoms with van der Waals surface area (Å²) in [5.74, 6) is 0.685. The molecule has 0 saturated heterocycles. The quantitative estimate of drug-likeness (QED) is 0.894. The van der Waals surface area contributed by atoms with Crippen molar-refractivity contribution in [1.29, 1.82) is 0 Å². The van der Waals surface area contributed by atoms with Crippen LogP contribution >= 0.6 is 0 Å². The smallest absolute Gasteiger partial charge is 0.240 e. The van der Waals surface area contributed by atoms with Gasteiger partial charge in [-0.1, -0.05) is 26.7 Å². The molecule has 1 aromatic carbocycles. The highest BCUT2D eigenvalue weighted by Crippen LogP contribution is 2.30. The van der Waals surface area contributed by atoms with Gasteiger partial charge in [-0.15, -0.1) is 0 Å². The summed E-state index contributed by atoms with van der Waals surface area (Å²) < 4.78 is 27.8. The van der Waals surface area contributed by atoms with Crippen LogP contribution in [-0.2, 0) is 14.8 Å². The minimum atomic E-state index is -3.52. The van der Waals surface area contributed by atoms with Crippen LogP contribution in [0.15, 0.2) is 29.2 Å². The Bertz CT molecular complexity index is 625. The van der Waals surface area contributed by atoms with Crippen LogP contribution in [0.4, 0.5) is 5.69 Å². The van der Waals surface area contributed by atoms with Crippen molar-refractivity contribution in [1.82, 2.24) is 4.72 Å². The second-order valence-electron chi connectivity index (χ2n) is 6.20. The van der Waals surface area contributed by atoms with Crippen LogP contribution in [0.5, 0.6) is 0 Å². The molecule has 0 heterocycles. The average molecular weight is 324 g/mol. The second kappa shape index (κ2) is 6.79. The van der Waals surface area contributed by atoms with Gasteiger partial charge >= 0.3 is 0 Å². The fourth-order valence-electron chi connectivity index (χ4n) is 2.94. The Kier molecular flexibility index (Phi) is 5.24. The van der Waals surface area contributed by atoms with E-state index in [0.717, 1.165) is 19.3 Å². The average Bonchev–Trinajstić information content (AvgIpc) is 2.44. The summed E-state index contributed by atoms with van der Waals surface area (Å²) >= 11 is 0. The molecule has 1 amide bonds. The van der Waals surface area contributed by atoms with Gasteiger partial charge in [-0.3, -0.25) is 4.79 Å². The summed E-state index contributed by atoms with van der Waals surface area (Å²) in [6, 6.07) is 6.23. The third-order valence-electron chi connectivity index (χ3n) is 4.50. The molecular formula is C16H24N2O3S. The lowest BCUT2D eigenvalue weighted by Crippen LogP contribution is -2.43. The summed E-state index contributed by atoms with van der Waals surface area (Å²) in [4.78, 5) is 11.2. The van der Waals surface area contributed by atoms with Crippen LogP contribution in [0.2, 0.25) is 0 Å². The molecule has 1 aliphatic carbocycles. The normalized spacial score (nSPS) is 25.7. The minimum Gasteiger partial charge on any atom is -0.326 e. The van der Waals surface area contributed by atoms with Crippen LogP contribution in [0.3, 0.4) is 0 Å². The molecule has 0 radical (unpaired) electrons. The molecule has 6 heteroatoms. The third-order valence-corrected chi connectivity index (χ3v) is 6.00. The monoisotopic (exact) mass is 324 g/mol. The van der Waals surface area contributed by atoms with Crippen molar-refractivity contribution in [2.24, 2.45) is 11.8 Å². The summed E-state index contributed by atoms with van der Waals surface area (Å²) in [6.07, 6.45) is 3.10. The molecule has 0 unspecified atom stereocenters. The van der Waals surface area contributed by atoms with Crippen molar-refractivity contribution in [2.45, 2.75) is 51.0 Å². The van der Waals surface area contributed by atoms with E-state index in [2.05, 4.69) is 23.9 Å². The maximum atomic E-state index is 12.5. The van der Waals surface area contributed by atoms with Crippen LogP contribution < -0.4 is 10.0 Å². The lowest BCUT2D eigenvalue weighted by atomic mass is 9.78. The van der Waals surface area contributed by atoms with Gasteiger partial charge in [0, 0.05) is 18.7 Å². The number of benzene rings is 1. The molecule has 2 rings (SSSR count). The molecule has 1 aromatic rings. The van der Waals surface area contributed by atoms with Crippen molar-refractivity contribution < 1.29 is 13.2 Å². The Hall–Kier alpha value is -1.40. The fourth-order valence-corrected chi connectivity index (χ4v) is 4.30. The zero-order valence-corrected chi connectivity index (χ0v) is 14.1. The predicted molar refractivity (Wildman–Crippen MR) is 87.0 cm³/mol. The van der Waals surface area contributed by atoms with Crippen LogP contribution in [0, 0.1) is 11.8 Å². The first-order valence-corrected chi connectivity index (χ1v) is 9.18. The number of carbonyl (C=O) groups excluding carboxylic acids is 1. The van der Waals surface area contributed by atoms with E-state index in [0.29, 0.717) is 17.5 Å². The standard InChI is InChI=1S/C16H24N2O3S/c1-11-5-4-6-16(12(11)2)18-22(20,21)15-9-7-14(8-10-15)17-13(3)19/h7-12,16,18H,4-6H2,1-3H3,(H,17,19)/t11-,12+,16+/m0/s1. The summed E-state index contributed by atoms with van der Waals surface area (Å²) in [6.45, 7) is 5.70. The molecule has 22 heavy (non-hydrogen) atoms. The molecule has 0 spiro atoms. The van der Waals surface area contributed by atoms with E-state index in [-0.39, 0.29) is 16.8 Å². The number of anilines is 1. The largest absolute Gasteiger partial charge is 0.326 e. The number of hydrogen-bond acceptors (Lipinski definition) is 3. The lowest BCUT2D eigenvalue weighted by Gasteiger charge is -2.34. The number of amides is 1. The Morgan fingerprint density at radius 3 is 2.36 bits per heavy atom. The highest BCUT2D eigenvalue weighted by atomic mass is 32.2. The van der Waals surface area contributed by atoms with Crippen LogP contribution in [-0.4, -0.2) is 20.4 Å². The van der Waals surface area contributed by atoms with E-state index in [1.807, 2.05) is 0 Å². The molecule has 0 aliphatic heterocycles. The maximum Gasteiger partial charge on any atom is 0.240 e. The SMILES string of the molecule is CC(=O)Nc1ccc(S(=O)(=O)N[C@@H]2CCC[C@H](C)[C@H]2C)cc1. The van der Waals surface area contributed by atoms with E-state index in [4.69, 9.17) is 0 Å². The fraction of sp³-hybridized carbons (Fsp3) is 0.562. The molecule has 1 fully saturated rings. The zero-order valence-electron chi connectivity index (χ0n) is 13.3. The van der Waals surface area contributed by atoms with Gasteiger partial charge in [0.2, 0.25) is 15.9 Å². The van der Waals surface area contributed by atoms with Crippen molar-refractivity contribution in [3.05, 3.63) is 24.3 Å². The van der Waals surface area contributed by atoms with Gasteiger partial charge in [0.15, 0.2) is 0 Å². The molecule has 3 atom stereocenters. The van der Waals surface area contributed by atoms with Gasteiger partial charge < -0.3 is 5.32 Å². The van der Waals surface area contributed by atoms with Crippen LogP contribution in [0.1, 0.15) is 40.0 Å². The number of sulfonamides is 1. The third kappa shape index (κ3) is 4.08. The Morgan fingerprint density at radius 2 is 1.77 bits per heavy atom. The van der Waals surface area contributed by atoms with Gasteiger partial charge in [-0.25, -0.2) is 13.1 Å². The van der Waals surface area contributed by atoms with E-state index in [1.54, 1.807) is 12.1 Å². The topological polar surface area (TPSA) is 75.3 Å². The number of carbonyl (C=O) groups is 1. The van der Waals surface area contributed by atoms with Crippen molar-refractivity contribution >= 4 is 21.6 Å². The molecule has 0 bridgehead atoms. The predicted octanol–water partition coefficient (Wildman–Crippen LogP) is 2.75. The van der Waals surface area contributed by atoms with Crippen molar-refractivity contribution in [2.75, 3.05) is 5.32 Å². The highest BCUT2D eigenvalue weighted by molar-refractivity contribution is 7.89. The molecule has 5 nitrogen and oxygen atoms in total.